The van der Waals surface area contributed by atoms with Crippen molar-refractivity contribution in [1.29, 1.82) is 5.26 Å². The molecule has 31 heavy (non-hydrogen) atoms. The molecule has 0 saturated heterocycles. The first-order chi connectivity index (χ1) is 14.9. The molecule has 2 aromatic rings. The number of aryl methyl sites for hydroxylation is 1. The predicted molar refractivity (Wildman–Crippen MR) is 111 cm³/mol. The zero-order valence-electron chi connectivity index (χ0n) is 16.6. The van der Waals surface area contributed by atoms with Gasteiger partial charge in [0.2, 0.25) is 6.79 Å². The summed E-state index contributed by atoms with van der Waals surface area (Å²) in [5.74, 6) is -0.964. The molecule has 160 valence electrons. The number of rotatable bonds is 7. The van der Waals surface area contributed by atoms with Gasteiger partial charge in [0.15, 0.2) is 11.5 Å². The van der Waals surface area contributed by atoms with E-state index in [-0.39, 0.29) is 45.7 Å². The number of methoxy groups -OCH3 is 1. The van der Waals surface area contributed by atoms with Crippen LogP contribution in [0.3, 0.4) is 0 Å². The smallest absolute Gasteiger partial charge is 0.340 e. The molecule has 0 saturated carbocycles. The van der Waals surface area contributed by atoms with E-state index in [1.165, 1.54) is 30.6 Å². The predicted octanol–water partition coefficient (Wildman–Crippen LogP) is 3.67. The standard InChI is InChI=1S/C20H17N3O7S/c1-3-4-13-7-14(20(25)28-2)19(31-13)22-18(24)12(9-21)5-11-6-16-17(30-10-29-16)8-15(11)23(26)27/h5-8H,3-4,10H2,1-2H3,(H,22,24). The summed E-state index contributed by atoms with van der Waals surface area (Å²) in [6.07, 6.45) is 2.63. The number of esters is 1. The van der Waals surface area contributed by atoms with Crippen molar-refractivity contribution in [2.24, 2.45) is 0 Å². The Bertz CT molecular complexity index is 1130. The fraction of sp³-hybridized carbons (Fsp3) is 0.250. The molecule has 1 aromatic carbocycles. The lowest BCUT2D eigenvalue weighted by Gasteiger charge is -2.05. The Hall–Kier alpha value is -3.91. The molecule has 1 aromatic heterocycles. The van der Waals surface area contributed by atoms with Crippen molar-refractivity contribution in [3.8, 4) is 17.6 Å². The number of hydrogen-bond acceptors (Lipinski definition) is 9. The lowest BCUT2D eigenvalue weighted by atomic mass is 10.1. The van der Waals surface area contributed by atoms with Crippen molar-refractivity contribution >= 4 is 40.0 Å². The number of carbonyl (C=O) groups excluding carboxylic acids is 2. The van der Waals surface area contributed by atoms with E-state index in [1.807, 2.05) is 6.92 Å². The molecule has 2 heterocycles. The minimum Gasteiger partial charge on any atom is -0.465 e. The number of nitrogens with one attached hydrogen (secondary N) is 1. The van der Waals surface area contributed by atoms with E-state index in [2.05, 4.69) is 5.32 Å². The zero-order valence-corrected chi connectivity index (χ0v) is 17.4. The van der Waals surface area contributed by atoms with Gasteiger partial charge in [0.05, 0.1) is 29.2 Å². The van der Waals surface area contributed by atoms with Gasteiger partial charge in [-0.15, -0.1) is 11.3 Å². The number of nitro benzene ring substituents is 1. The van der Waals surface area contributed by atoms with Crippen molar-refractivity contribution in [3.05, 3.63) is 49.9 Å². The van der Waals surface area contributed by atoms with Crippen LogP contribution in [0.4, 0.5) is 10.7 Å². The van der Waals surface area contributed by atoms with E-state index in [1.54, 1.807) is 12.1 Å². The molecule has 0 fully saturated rings. The number of hydrogen-bond donors (Lipinski definition) is 1. The van der Waals surface area contributed by atoms with E-state index in [0.717, 1.165) is 17.4 Å². The number of amides is 1. The lowest BCUT2D eigenvalue weighted by molar-refractivity contribution is -0.385. The van der Waals surface area contributed by atoms with Gasteiger partial charge >= 0.3 is 5.97 Å². The van der Waals surface area contributed by atoms with Gasteiger partial charge in [0, 0.05) is 4.88 Å². The SMILES string of the molecule is CCCc1cc(C(=O)OC)c(NC(=O)C(C#N)=Cc2cc3c(cc2[N+](=O)[O-])OCO3)s1. The first-order valence-corrected chi connectivity index (χ1v) is 9.91. The molecule has 1 aliphatic heterocycles. The number of nitriles is 1. The largest absolute Gasteiger partial charge is 0.465 e. The quantitative estimate of drug-likeness (QED) is 0.225. The molecule has 3 rings (SSSR count). The highest BCUT2D eigenvalue weighted by atomic mass is 32.1. The van der Waals surface area contributed by atoms with Crippen LogP contribution in [0.25, 0.3) is 6.08 Å². The number of nitro groups is 1. The summed E-state index contributed by atoms with van der Waals surface area (Å²) in [5.41, 5.74) is -0.549. The van der Waals surface area contributed by atoms with Gasteiger partial charge < -0.3 is 19.5 Å². The van der Waals surface area contributed by atoms with Crippen LogP contribution in [-0.4, -0.2) is 30.7 Å². The number of benzene rings is 1. The van der Waals surface area contributed by atoms with Gasteiger partial charge in [-0.3, -0.25) is 14.9 Å². The van der Waals surface area contributed by atoms with Crippen molar-refractivity contribution in [3.63, 3.8) is 0 Å². The Kier molecular flexibility index (Phi) is 6.52. The second kappa shape index (κ2) is 9.27. The Morgan fingerprint density at radius 1 is 1.35 bits per heavy atom. The monoisotopic (exact) mass is 443 g/mol. The van der Waals surface area contributed by atoms with Crippen molar-refractivity contribution in [2.45, 2.75) is 19.8 Å². The third-order valence-corrected chi connectivity index (χ3v) is 5.41. The second-order valence-electron chi connectivity index (χ2n) is 6.34. The van der Waals surface area contributed by atoms with Gasteiger partial charge in [0.1, 0.15) is 16.6 Å². The summed E-state index contributed by atoms with van der Waals surface area (Å²) in [5, 5.41) is 23.7. The van der Waals surface area contributed by atoms with Crippen molar-refractivity contribution in [2.75, 3.05) is 19.2 Å². The van der Waals surface area contributed by atoms with Crippen molar-refractivity contribution in [1.82, 2.24) is 0 Å². The number of thiophene rings is 1. The van der Waals surface area contributed by atoms with Crippen LogP contribution >= 0.6 is 11.3 Å². The molecule has 0 radical (unpaired) electrons. The first-order valence-electron chi connectivity index (χ1n) is 9.10. The molecule has 0 spiro atoms. The molecule has 1 N–H and O–H groups in total. The van der Waals surface area contributed by atoms with Crippen LogP contribution in [0.15, 0.2) is 23.8 Å². The summed E-state index contributed by atoms with van der Waals surface area (Å²) in [6.45, 7) is 1.89. The molecule has 11 heteroatoms. The molecule has 0 aliphatic carbocycles. The molecule has 1 aliphatic rings. The summed E-state index contributed by atoms with van der Waals surface area (Å²) >= 11 is 1.20. The van der Waals surface area contributed by atoms with Crippen LogP contribution in [-0.2, 0) is 16.0 Å². The van der Waals surface area contributed by atoms with Crippen LogP contribution in [0.2, 0.25) is 0 Å². The Labute approximate surface area is 180 Å². The fourth-order valence-electron chi connectivity index (χ4n) is 2.86. The van der Waals surface area contributed by atoms with Gasteiger partial charge in [-0.2, -0.15) is 5.26 Å². The first kappa shape index (κ1) is 21.8. The van der Waals surface area contributed by atoms with Crippen LogP contribution in [0.1, 0.15) is 34.1 Å². The Morgan fingerprint density at radius 2 is 2.06 bits per heavy atom. The maximum atomic E-state index is 12.7. The summed E-state index contributed by atoms with van der Waals surface area (Å²) < 4.78 is 15.1. The van der Waals surface area contributed by atoms with Crippen LogP contribution < -0.4 is 14.8 Å². The number of carbonyl (C=O) groups is 2. The van der Waals surface area contributed by atoms with E-state index >= 15 is 0 Å². The molecule has 10 nitrogen and oxygen atoms in total. The number of nitrogens with zero attached hydrogens (tertiary/aromatic N) is 2. The molecular weight excluding hydrogens is 426 g/mol. The normalized spacial score (nSPS) is 12.2. The van der Waals surface area contributed by atoms with Gasteiger partial charge in [-0.25, -0.2) is 4.79 Å². The lowest BCUT2D eigenvalue weighted by Crippen LogP contribution is -2.15. The van der Waals surface area contributed by atoms with E-state index in [9.17, 15) is 25.0 Å². The van der Waals surface area contributed by atoms with Crippen LogP contribution in [0, 0.1) is 21.4 Å². The number of anilines is 1. The maximum Gasteiger partial charge on any atom is 0.340 e. The van der Waals surface area contributed by atoms with E-state index < -0.39 is 16.8 Å². The summed E-state index contributed by atoms with van der Waals surface area (Å²) in [4.78, 5) is 36.4. The van der Waals surface area contributed by atoms with E-state index in [0.29, 0.717) is 6.42 Å². The molecule has 0 atom stereocenters. The molecule has 1 amide bonds. The average molecular weight is 443 g/mol. The van der Waals surface area contributed by atoms with Crippen LogP contribution in [0.5, 0.6) is 11.5 Å². The zero-order chi connectivity index (χ0) is 22.5. The minimum absolute atomic E-state index is 0.00647. The third-order valence-electron chi connectivity index (χ3n) is 4.30. The molecular formula is C20H17N3O7S. The number of fused-ring (bicyclic) bond motifs is 1. The van der Waals surface area contributed by atoms with Gasteiger partial charge in [-0.1, -0.05) is 13.3 Å². The summed E-state index contributed by atoms with van der Waals surface area (Å²) in [7, 11) is 1.23. The van der Waals surface area contributed by atoms with Crippen molar-refractivity contribution < 1.29 is 28.7 Å². The highest BCUT2D eigenvalue weighted by Gasteiger charge is 2.24. The molecule has 0 bridgehead atoms. The van der Waals surface area contributed by atoms with E-state index in [4.69, 9.17) is 14.2 Å². The topological polar surface area (TPSA) is 141 Å². The molecule has 0 unspecified atom stereocenters. The minimum atomic E-state index is -0.815. The third kappa shape index (κ3) is 4.65. The van der Waals surface area contributed by atoms with Gasteiger partial charge in [-0.05, 0) is 24.6 Å². The second-order valence-corrected chi connectivity index (χ2v) is 7.48. The average Bonchev–Trinajstić information content (AvgIpc) is 3.37. The maximum absolute atomic E-state index is 12.7. The fourth-order valence-corrected chi connectivity index (χ4v) is 4.00. The summed E-state index contributed by atoms with van der Waals surface area (Å²) in [6, 6.07) is 5.88. The Balaban J connectivity index is 1.95. The van der Waals surface area contributed by atoms with Gasteiger partial charge in [0.25, 0.3) is 11.6 Å². The Morgan fingerprint density at radius 3 is 2.68 bits per heavy atom. The number of ether oxygens (including phenoxy) is 3. The highest BCUT2D eigenvalue weighted by Crippen LogP contribution is 2.39. The highest BCUT2D eigenvalue weighted by molar-refractivity contribution is 7.16.